The maximum atomic E-state index is 13.4. The number of likely N-dealkylation sites (N-methyl/N-ethyl adjacent to an activating group) is 1. The maximum absolute atomic E-state index is 13.4. The molecule has 3 aromatic rings. The number of nitrogen functional groups attached to an aromatic ring is 1. The summed E-state index contributed by atoms with van der Waals surface area (Å²) in [5, 5.41) is 0. The standard InChI is InChI=1S/C26H33N5O4/c1-18(2)14-30(22(32)17-29(3)15-20-11-8-12-21(13-20)35-4)23-24(27)31(26(34)28-25(23)33)16-19-9-6-5-7-10-19/h5-13,18H,14-17,27H2,1-4H3,(H,28,33,34)/p+1. The number of benzene rings is 2. The van der Waals surface area contributed by atoms with E-state index < -0.39 is 11.2 Å². The van der Waals surface area contributed by atoms with E-state index >= 15 is 0 Å². The Morgan fingerprint density at radius 3 is 2.46 bits per heavy atom. The Labute approximate surface area is 204 Å². The van der Waals surface area contributed by atoms with Gasteiger partial charge in [-0.1, -0.05) is 56.3 Å². The number of ether oxygens (including phenoxy) is 1. The first-order valence-corrected chi connectivity index (χ1v) is 11.6. The Bertz CT molecular complexity index is 1270. The molecule has 1 aromatic heterocycles. The first-order chi connectivity index (χ1) is 16.7. The fraction of sp³-hybridized carbons (Fsp3) is 0.346. The first kappa shape index (κ1) is 25.8. The van der Waals surface area contributed by atoms with Crippen LogP contribution < -0.4 is 31.5 Å². The molecule has 0 aliphatic rings. The molecule has 0 aliphatic carbocycles. The highest BCUT2D eigenvalue weighted by molar-refractivity contribution is 5.96. The third-order valence-electron chi connectivity index (χ3n) is 5.61. The molecule has 0 saturated carbocycles. The Kier molecular flexibility index (Phi) is 8.48. The van der Waals surface area contributed by atoms with Gasteiger partial charge in [-0.05, 0) is 23.6 Å². The Hall–Kier alpha value is -3.85. The van der Waals surface area contributed by atoms with Crippen LogP contribution in [0.5, 0.6) is 5.75 Å². The largest absolute Gasteiger partial charge is 0.497 e. The van der Waals surface area contributed by atoms with Gasteiger partial charge in [-0.15, -0.1) is 0 Å². The summed E-state index contributed by atoms with van der Waals surface area (Å²) >= 11 is 0. The molecule has 1 heterocycles. The van der Waals surface area contributed by atoms with Crippen molar-refractivity contribution in [3.8, 4) is 5.75 Å². The summed E-state index contributed by atoms with van der Waals surface area (Å²) in [4.78, 5) is 43.6. The van der Waals surface area contributed by atoms with E-state index in [1.165, 1.54) is 9.47 Å². The van der Waals surface area contributed by atoms with Crippen molar-refractivity contribution in [1.29, 1.82) is 0 Å². The lowest BCUT2D eigenvalue weighted by atomic mass is 10.1. The zero-order chi connectivity index (χ0) is 25.5. The number of nitrogens with one attached hydrogen (secondary N) is 2. The number of H-pyrrole nitrogens is 1. The van der Waals surface area contributed by atoms with E-state index in [0.29, 0.717) is 13.1 Å². The van der Waals surface area contributed by atoms with Crippen molar-refractivity contribution in [2.24, 2.45) is 5.92 Å². The van der Waals surface area contributed by atoms with Crippen LogP contribution in [0.3, 0.4) is 0 Å². The van der Waals surface area contributed by atoms with Gasteiger partial charge in [0.1, 0.15) is 18.1 Å². The minimum absolute atomic E-state index is 0.00779. The zero-order valence-electron chi connectivity index (χ0n) is 20.7. The fourth-order valence-electron chi connectivity index (χ4n) is 3.99. The molecule has 2 aromatic carbocycles. The van der Waals surface area contributed by atoms with E-state index in [-0.39, 0.29) is 36.4 Å². The average molecular weight is 481 g/mol. The quantitative estimate of drug-likeness (QED) is 0.399. The van der Waals surface area contributed by atoms with Crippen LogP contribution >= 0.6 is 0 Å². The van der Waals surface area contributed by atoms with Crippen LogP contribution in [0.25, 0.3) is 0 Å². The molecule has 0 fully saturated rings. The number of quaternary nitrogens is 1. The normalized spacial score (nSPS) is 11.9. The number of nitrogens with two attached hydrogens (primary N) is 1. The van der Waals surface area contributed by atoms with Crippen molar-refractivity contribution in [3.05, 3.63) is 86.6 Å². The third-order valence-corrected chi connectivity index (χ3v) is 5.61. The lowest BCUT2D eigenvalue weighted by Crippen LogP contribution is -3.09. The molecule has 1 amide bonds. The van der Waals surface area contributed by atoms with E-state index in [0.717, 1.165) is 21.8 Å². The van der Waals surface area contributed by atoms with Gasteiger partial charge in [0.15, 0.2) is 12.2 Å². The minimum Gasteiger partial charge on any atom is -0.497 e. The number of amides is 1. The van der Waals surface area contributed by atoms with E-state index in [1.807, 2.05) is 75.5 Å². The molecule has 9 heteroatoms. The first-order valence-electron chi connectivity index (χ1n) is 11.6. The Balaban J connectivity index is 1.90. The lowest BCUT2D eigenvalue weighted by molar-refractivity contribution is -0.885. The monoisotopic (exact) mass is 480 g/mol. The van der Waals surface area contributed by atoms with Crippen molar-refractivity contribution in [2.45, 2.75) is 26.9 Å². The molecule has 1 atom stereocenters. The molecule has 186 valence electrons. The van der Waals surface area contributed by atoms with Crippen LogP contribution in [0.1, 0.15) is 25.0 Å². The van der Waals surface area contributed by atoms with Crippen LogP contribution in [-0.4, -0.2) is 42.7 Å². The van der Waals surface area contributed by atoms with Gasteiger partial charge in [-0.3, -0.25) is 24.0 Å². The Morgan fingerprint density at radius 2 is 1.80 bits per heavy atom. The predicted octanol–water partition coefficient (Wildman–Crippen LogP) is 0.880. The number of aromatic nitrogens is 2. The number of nitrogens with zero attached hydrogens (tertiary/aromatic N) is 2. The number of anilines is 2. The number of aromatic amines is 1. The maximum Gasteiger partial charge on any atom is 0.330 e. The molecule has 0 radical (unpaired) electrons. The van der Waals surface area contributed by atoms with Gasteiger partial charge in [0.2, 0.25) is 0 Å². The van der Waals surface area contributed by atoms with Gasteiger partial charge in [-0.25, -0.2) is 4.79 Å². The summed E-state index contributed by atoms with van der Waals surface area (Å²) in [6, 6.07) is 17.0. The molecule has 35 heavy (non-hydrogen) atoms. The number of hydrogen-bond acceptors (Lipinski definition) is 5. The molecule has 0 saturated heterocycles. The second-order valence-corrected chi connectivity index (χ2v) is 9.13. The molecule has 0 spiro atoms. The SMILES string of the molecule is COc1cccc(C[NH+](C)CC(=O)N(CC(C)C)c2c(N)n(Cc3ccccc3)c(=O)[nH]c2=O)c1. The van der Waals surface area contributed by atoms with Gasteiger partial charge in [0, 0.05) is 12.1 Å². The molecule has 4 N–H and O–H groups in total. The van der Waals surface area contributed by atoms with E-state index in [4.69, 9.17) is 10.5 Å². The van der Waals surface area contributed by atoms with Crippen molar-refractivity contribution in [3.63, 3.8) is 0 Å². The van der Waals surface area contributed by atoms with Crippen molar-refractivity contribution < 1.29 is 14.4 Å². The lowest BCUT2D eigenvalue weighted by Gasteiger charge is -2.27. The van der Waals surface area contributed by atoms with Crippen molar-refractivity contribution in [1.82, 2.24) is 9.55 Å². The number of hydrogen-bond donors (Lipinski definition) is 3. The second kappa shape index (κ2) is 11.5. The number of carbonyl (C=O) groups excluding carboxylic acids is 1. The molecule has 3 rings (SSSR count). The summed E-state index contributed by atoms with van der Waals surface area (Å²) in [5.74, 6) is 0.553. The van der Waals surface area contributed by atoms with Gasteiger partial charge in [0.25, 0.3) is 11.5 Å². The van der Waals surface area contributed by atoms with E-state index in [1.54, 1.807) is 7.11 Å². The second-order valence-electron chi connectivity index (χ2n) is 9.13. The van der Waals surface area contributed by atoms with Crippen LogP contribution in [-0.2, 0) is 17.9 Å². The van der Waals surface area contributed by atoms with Crippen LogP contribution in [0.4, 0.5) is 11.5 Å². The Morgan fingerprint density at radius 1 is 1.11 bits per heavy atom. The summed E-state index contributed by atoms with van der Waals surface area (Å²) < 4.78 is 6.57. The molecule has 9 nitrogen and oxygen atoms in total. The summed E-state index contributed by atoms with van der Waals surface area (Å²) in [7, 11) is 3.52. The van der Waals surface area contributed by atoms with E-state index in [2.05, 4.69) is 4.98 Å². The van der Waals surface area contributed by atoms with Crippen molar-refractivity contribution in [2.75, 3.05) is 37.9 Å². The average Bonchev–Trinajstić information content (AvgIpc) is 2.81. The van der Waals surface area contributed by atoms with Crippen LogP contribution in [0, 0.1) is 5.92 Å². The molecular formula is C26H34N5O4+. The van der Waals surface area contributed by atoms with Gasteiger partial charge in [0.05, 0.1) is 20.7 Å². The smallest absolute Gasteiger partial charge is 0.330 e. The van der Waals surface area contributed by atoms with Crippen LogP contribution in [0.2, 0.25) is 0 Å². The van der Waals surface area contributed by atoms with Gasteiger partial charge >= 0.3 is 5.69 Å². The minimum atomic E-state index is -0.670. The number of methoxy groups -OCH3 is 1. The molecule has 0 bridgehead atoms. The van der Waals surface area contributed by atoms with E-state index in [9.17, 15) is 14.4 Å². The highest BCUT2D eigenvalue weighted by Gasteiger charge is 2.27. The number of carbonyl (C=O) groups is 1. The summed E-state index contributed by atoms with van der Waals surface area (Å²) in [5.41, 5.74) is 6.96. The van der Waals surface area contributed by atoms with Crippen molar-refractivity contribution >= 4 is 17.4 Å². The molecule has 0 aliphatic heterocycles. The summed E-state index contributed by atoms with van der Waals surface area (Å²) in [6.45, 7) is 5.12. The van der Waals surface area contributed by atoms with Gasteiger partial charge < -0.3 is 15.4 Å². The predicted molar refractivity (Wildman–Crippen MR) is 137 cm³/mol. The highest BCUT2D eigenvalue weighted by Crippen LogP contribution is 2.19. The fourth-order valence-corrected chi connectivity index (χ4v) is 3.99. The van der Waals surface area contributed by atoms with Crippen LogP contribution in [0.15, 0.2) is 64.2 Å². The summed E-state index contributed by atoms with van der Waals surface area (Å²) in [6.07, 6.45) is 0. The number of rotatable bonds is 10. The third kappa shape index (κ3) is 6.60. The molecule has 1 unspecified atom stereocenters. The zero-order valence-corrected chi connectivity index (χ0v) is 20.7. The topological polar surface area (TPSA) is 115 Å². The van der Waals surface area contributed by atoms with Gasteiger partial charge in [-0.2, -0.15) is 0 Å². The highest BCUT2D eigenvalue weighted by atomic mass is 16.5. The molecular weight excluding hydrogens is 446 g/mol.